The molecule has 0 saturated carbocycles. The van der Waals surface area contributed by atoms with Gasteiger partial charge in [0.1, 0.15) is 0 Å². The summed E-state index contributed by atoms with van der Waals surface area (Å²) >= 11 is 0. The van der Waals surface area contributed by atoms with Gasteiger partial charge in [0.2, 0.25) is 6.41 Å². The van der Waals surface area contributed by atoms with Crippen LogP contribution < -0.4 is 0 Å². The van der Waals surface area contributed by atoms with E-state index in [1.54, 1.807) is 0 Å². The van der Waals surface area contributed by atoms with Gasteiger partial charge in [-0.3, -0.25) is 4.90 Å². The number of ether oxygens (including phenoxy) is 2. The van der Waals surface area contributed by atoms with E-state index in [0.717, 1.165) is 26.3 Å². The first-order valence-electron chi connectivity index (χ1n) is 3.85. The quantitative estimate of drug-likeness (QED) is 0.582. The monoisotopic (exact) mass is 145 g/mol. The molecule has 0 aromatic heterocycles. The molecule has 0 N–H and O–H groups in total. The zero-order chi connectivity index (χ0) is 7.40. The van der Waals surface area contributed by atoms with Crippen LogP contribution in [0.15, 0.2) is 0 Å². The highest BCUT2D eigenvalue weighted by molar-refractivity contribution is 4.54. The topological polar surface area (TPSA) is 21.7 Å². The molecule has 1 rings (SSSR count). The first-order chi connectivity index (χ1) is 4.88. The van der Waals surface area contributed by atoms with Crippen molar-refractivity contribution in [2.45, 2.75) is 20.3 Å². The Balaban J connectivity index is 2.29. The lowest BCUT2D eigenvalue weighted by atomic mass is 10.5. The zero-order valence-electron chi connectivity index (χ0n) is 6.67. The maximum Gasteiger partial charge on any atom is 0.218 e. The van der Waals surface area contributed by atoms with E-state index >= 15 is 0 Å². The van der Waals surface area contributed by atoms with E-state index in [-0.39, 0.29) is 6.41 Å². The highest BCUT2D eigenvalue weighted by Crippen LogP contribution is 2.08. The van der Waals surface area contributed by atoms with Crippen molar-refractivity contribution in [1.82, 2.24) is 4.90 Å². The predicted molar refractivity (Wildman–Crippen MR) is 38.6 cm³/mol. The van der Waals surface area contributed by atoms with Crippen LogP contribution in [0.5, 0.6) is 0 Å². The van der Waals surface area contributed by atoms with Gasteiger partial charge in [0.15, 0.2) is 0 Å². The average molecular weight is 145 g/mol. The van der Waals surface area contributed by atoms with Crippen LogP contribution >= 0.6 is 0 Å². The van der Waals surface area contributed by atoms with Crippen molar-refractivity contribution in [2.75, 3.05) is 26.3 Å². The molecule has 0 amide bonds. The van der Waals surface area contributed by atoms with Crippen LogP contribution in [0.4, 0.5) is 0 Å². The van der Waals surface area contributed by atoms with Gasteiger partial charge in [0.25, 0.3) is 0 Å². The van der Waals surface area contributed by atoms with Crippen molar-refractivity contribution in [3.63, 3.8) is 0 Å². The maximum atomic E-state index is 5.30. The Morgan fingerprint density at radius 1 is 1.20 bits per heavy atom. The summed E-state index contributed by atoms with van der Waals surface area (Å²) in [6, 6.07) is 0. The molecule has 60 valence electrons. The Hall–Kier alpha value is -0.120. The predicted octanol–water partition coefficient (Wildman–Crippen LogP) is 0.659. The highest BCUT2D eigenvalue weighted by atomic mass is 16.7. The fourth-order valence-electron chi connectivity index (χ4n) is 1.08. The first kappa shape index (κ1) is 7.98. The van der Waals surface area contributed by atoms with Crippen LogP contribution in [-0.4, -0.2) is 37.6 Å². The smallest absolute Gasteiger partial charge is 0.218 e. The van der Waals surface area contributed by atoms with Gasteiger partial charge in [-0.1, -0.05) is 13.8 Å². The van der Waals surface area contributed by atoms with Gasteiger partial charge < -0.3 is 9.47 Å². The van der Waals surface area contributed by atoms with Crippen molar-refractivity contribution in [2.24, 2.45) is 0 Å². The van der Waals surface area contributed by atoms with Gasteiger partial charge >= 0.3 is 0 Å². The Morgan fingerprint density at radius 3 is 2.10 bits per heavy atom. The molecule has 10 heavy (non-hydrogen) atoms. The van der Waals surface area contributed by atoms with Crippen LogP contribution in [0.2, 0.25) is 0 Å². The SMILES string of the molecule is CCN(CC)C1OCCO1. The molecule has 1 heterocycles. The van der Waals surface area contributed by atoms with E-state index < -0.39 is 0 Å². The third-order valence-electron chi connectivity index (χ3n) is 1.71. The molecule has 0 aromatic carbocycles. The minimum absolute atomic E-state index is 0.0741. The van der Waals surface area contributed by atoms with Crippen LogP contribution in [-0.2, 0) is 9.47 Å². The summed E-state index contributed by atoms with van der Waals surface area (Å²) in [4.78, 5) is 2.15. The minimum atomic E-state index is -0.0741. The summed E-state index contributed by atoms with van der Waals surface area (Å²) in [5.74, 6) is 0. The Bertz CT molecular complexity index is 87.6. The van der Waals surface area contributed by atoms with Crippen LogP contribution in [0, 0.1) is 0 Å². The number of hydrogen-bond acceptors (Lipinski definition) is 3. The molecule has 1 aliphatic rings. The van der Waals surface area contributed by atoms with Crippen LogP contribution in [0.1, 0.15) is 13.8 Å². The lowest BCUT2D eigenvalue weighted by Crippen LogP contribution is -2.35. The summed E-state index contributed by atoms with van der Waals surface area (Å²) in [6.07, 6.45) is -0.0741. The fraction of sp³-hybridized carbons (Fsp3) is 1.00. The van der Waals surface area contributed by atoms with E-state index in [1.807, 2.05) is 0 Å². The maximum absolute atomic E-state index is 5.30. The second-order valence-electron chi connectivity index (χ2n) is 2.27. The lowest BCUT2D eigenvalue weighted by Gasteiger charge is -2.23. The van der Waals surface area contributed by atoms with E-state index in [2.05, 4.69) is 18.7 Å². The van der Waals surface area contributed by atoms with Gasteiger partial charge in [0.05, 0.1) is 13.2 Å². The highest BCUT2D eigenvalue weighted by Gasteiger charge is 2.20. The van der Waals surface area contributed by atoms with E-state index in [9.17, 15) is 0 Å². The second kappa shape index (κ2) is 3.91. The van der Waals surface area contributed by atoms with Gasteiger partial charge in [-0.25, -0.2) is 0 Å². The van der Waals surface area contributed by atoms with Crippen LogP contribution in [0.3, 0.4) is 0 Å². The molecule has 0 atom stereocenters. The molecule has 0 radical (unpaired) electrons. The summed E-state index contributed by atoms with van der Waals surface area (Å²) in [7, 11) is 0. The third-order valence-corrected chi connectivity index (χ3v) is 1.71. The van der Waals surface area contributed by atoms with Crippen LogP contribution in [0.25, 0.3) is 0 Å². The molecule has 1 saturated heterocycles. The van der Waals surface area contributed by atoms with Crippen molar-refractivity contribution in [3.05, 3.63) is 0 Å². The van der Waals surface area contributed by atoms with Crippen molar-refractivity contribution in [1.29, 1.82) is 0 Å². The molecule has 3 nitrogen and oxygen atoms in total. The molecule has 0 aliphatic carbocycles. The molecule has 1 fully saturated rings. The van der Waals surface area contributed by atoms with Gasteiger partial charge in [-0.05, 0) is 13.1 Å². The molecular weight excluding hydrogens is 130 g/mol. The summed E-state index contributed by atoms with van der Waals surface area (Å²) in [6.45, 7) is 7.66. The largest absolute Gasteiger partial charge is 0.337 e. The number of hydrogen-bond donors (Lipinski definition) is 0. The second-order valence-corrected chi connectivity index (χ2v) is 2.27. The van der Waals surface area contributed by atoms with E-state index in [0.29, 0.717) is 0 Å². The lowest BCUT2D eigenvalue weighted by molar-refractivity contribution is -0.148. The normalized spacial score (nSPS) is 20.7. The summed E-state index contributed by atoms with van der Waals surface area (Å²) in [5.41, 5.74) is 0. The van der Waals surface area contributed by atoms with E-state index in [1.165, 1.54) is 0 Å². The summed E-state index contributed by atoms with van der Waals surface area (Å²) < 4.78 is 10.6. The van der Waals surface area contributed by atoms with Gasteiger partial charge in [-0.2, -0.15) is 0 Å². The average Bonchev–Trinajstić information content (AvgIpc) is 2.43. The molecule has 0 bridgehead atoms. The van der Waals surface area contributed by atoms with E-state index in [4.69, 9.17) is 9.47 Å². The standard InChI is InChI=1S/C7H15NO2/c1-3-8(4-2)7-9-5-6-10-7/h7H,3-6H2,1-2H3. The molecule has 0 unspecified atom stereocenters. The number of rotatable bonds is 3. The number of nitrogens with zero attached hydrogens (tertiary/aromatic N) is 1. The fourth-order valence-corrected chi connectivity index (χ4v) is 1.08. The molecule has 0 spiro atoms. The first-order valence-corrected chi connectivity index (χ1v) is 3.85. The summed E-state index contributed by atoms with van der Waals surface area (Å²) in [5, 5.41) is 0. The molecular formula is C7H15NO2. The Morgan fingerprint density at radius 2 is 1.70 bits per heavy atom. The molecule has 1 aliphatic heterocycles. The van der Waals surface area contributed by atoms with Gasteiger partial charge in [0, 0.05) is 0 Å². The Labute approximate surface area is 61.9 Å². The third kappa shape index (κ3) is 1.68. The minimum Gasteiger partial charge on any atom is -0.337 e. The Kier molecular flexibility index (Phi) is 3.12. The van der Waals surface area contributed by atoms with Gasteiger partial charge in [-0.15, -0.1) is 0 Å². The van der Waals surface area contributed by atoms with Crippen molar-refractivity contribution < 1.29 is 9.47 Å². The molecule has 3 heteroatoms. The zero-order valence-corrected chi connectivity index (χ0v) is 6.67. The van der Waals surface area contributed by atoms with Crippen molar-refractivity contribution in [3.8, 4) is 0 Å². The van der Waals surface area contributed by atoms with Crippen molar-refractivity contribution >= 4 is 0 Å². The molecule has 0 aromatic rings.